The third-order valence-electron chi connectivity index (χ3n) is 4.17. The second-order valence-electron chi connectivity index (χ2n) is 5.54. The lowest BCUT2D eigenvalue weighted by Crippen LogP contribution is -2.42. The zero-order chi connectivity index (χ0) is 12.6. The SMILES string of the molecule is CCC1(CNC(C)CNCCOC)CCCC1. The Hall–Kier alpha value is -0.120. The lowest BCUT2D eigenvalue weighted by Gasteiger charge is -2.29. The third-order valence-corrected chi connectivity index (χ3v) is 4.17. The van der Waals surface area contributed by atoms with Crippen molar-refractivity contribution in [1.29, 1.82) is 0 Å². The van der Waals surface area contributed by atoms with Crippen molar-refractivity contribution >= 4 is 0 Å². The molecule has 3 heteroatoms. The highest BCUT2D eigenvalue weighted by Gasteiger charge is 2.31. The maximum absolute atomic E-state index is 5.02. The highest BCUT2D eigenvalue weighted by molar-refractivity contribution is 4.86. The second-order valence-corrected chi connectivity index (χ2v) is 5.54. The van der Waals surface area contributed by atoms with E-state index in [0.29, 0.717) is 11.5 Å². The van der Waals surface area contributed by atoms with Crippen LogP contribution in [0.3, 0.4) is 0 Å². The van der Waals surface area contributed by atoms with Gasteiger partial charge >= 0.3 is 0 Å². The van der Waals surface area contributed by atoms with Crippen molar-refractivity contribution in [3.63, 3.8) is 0 Å². The molecule has 0 radical (unpaired) electrons. The fraction of sp³-hybridized carbons (Fsp3) is 1.00. The van der Waals surface area contributed by atoms with Crippen molar-refractivity contribution in [2.45, 2.75) is 52.0 Å². The first-order valence-corrected chi connectivity index (χ1v) is 7.15. The number of rotatable bonds is 9. The molecule has 17 heavy (non-hydrogen) atoms. The predicted molar refractivity (Wildman–Crippen MR) is 73.4 cm³/mol. The Labute approximate surface area is 107 Å². The van der Waals surface area contributed by atoms with E-state index >= 15 is 0 Å². The van der Waals surface area contributed by atoms with Crippen LogP contribution in [-0.4, -0.2) is 39.4 Å². The van der Waals surface area contributed by atoms with Gasteiger partial charge in [0.25, 0.3) is 0 Å². The fourth-order valence-electron chi connectivity index (χ4n) is 2.74. The maximum Gasteiger partial charge on any atom is 0.0587 e. The molecule has 0 bridgehead atoms. The zero-order valence-electron chi connectivity index (χ0n) is 11.8. The summed E-state index contributed by atoms with van der Waals surface area (Å²) in [4.78, 5) is 0. The molecule has 2 N–H and O–H groups in total. The minimum Gasteiger partial charge on any atom is -0.383 e. The molecule has 0 saturated heterocycles. The molecular weight excluding hydrogens is 212 g/mol. The molecule has 0 amide bonds. The average Bonchev–Trinajstić information content (AvgIpc) is 2.82. The summed E-state index contributed by atoms with van der Waals surface area (Å²) in [5.41, 5.74) is 0.598. The van der Waals surface area contributed by atoms with Gasteiger partial charge in [0.15, 0.2) is 0 Å². The Kier molecular flexibility index (Phi) is 7.09. The molecule has 102 valence electrons. The molecule has 1 rings (SSSR count). The molecule has 1 unspecified atom stereocenters. The van der Waals surface area contributed by atoms with Gasteiger partial charge in [0.1, 0.15) is 0 Å². The van der Waals surface area contributed by atoms with Gasteiger partial charge in [-0.05, 0) is 31.6 Å². The largest absolute Gasteiger partial charge is 0.383 e. The molecule has 3 nitrogen and oxygen atoms in total. The molecule has 1 saturated carbocycles. The van der Waals surface area contributed by atoms with Crippen LogP contribution in [0.4, 0.5) is 0 Å². The monoisotopic (exact) mass is 242 g/mol. The van der Waals surface area contributed by atoms with E-state index in [9.17, 15) is 0 Å². The topological polar surface area (TPSA) is 33.3 Å². The number of ether oxygens (including phenoxy) is 1. The molecule has 1 atom stereocenters. The predicted octanol–water partition coefficient (Wildman–Crippen LogP) is 2.17. The van der Waals surface area contributed by atoms with Crippen molar-refractivity contribution in [3.8, 4) is 0 Å². The van der Waals surface area contributed by atoms with E-state index in [1.54, 1.807) is 7.11 Å². The van der Waals surface area contributed by atoms with Gasteiger partial charge in [-0.3, -0.25) is 0 Å². The van der Waals surface area contributed by atoms with Crippen molar-refractivity contribution < 1.29 is 4.74 Å². The van der Waals surface area contributed by atoms with E-state index in [0.717, 1.165) is 19.7 Å². The van der Waals surface area contributed by atoms with Gasteiger partial charge in [0, 0.05) is 32.8 Å². The zero-order valence-corrected chi connectivity index (χ0v) is 11.8. The van der Waals surface area contributed by atoms with Crippen LogP contribution in [0.25, 0.3) is 0 Å². The molecule has 1 aliphatic rings. The smallest absolute Gasteiger partial charge is 0.0587 e. The third kappa shape index (κ3) is 5.36. The summed E-state index contributed by atoms with van der Waals surface area (Å²) in [7, 11) is 1.74. The summed E-state index contributed by atoms with van der Waals surface area (Å²) in [5, 5.41) is 7.09. The lowest BCUT2D eigenvalue weighted by atomic mass is 9.83. The molecule has 0 spiro atoms. The van der Waals surface area contributed by atoms with Crippen molar-refractivity contribution in [2.24, 2.45) is 5.41 Å². The molecule has 0 aliphatic heterocycles. The molecule has 1 aliphatic carbocycles. The molecule has 0 aromatic rings. The van der Waals surface area contributed by atoms with E-state index in [1.807, 2.05) is 0 Å². The van der Waals surface area contributed by atoms with E-state index in [-0.39, 0.29) is 0 Å². The van der Waals surface area contributed by atoms with Gasteiger partial charge in [-0.2, -0.15) is 0 Å². The highest BCUT2D eigenvalue weighted by Crippen LogP contribution is 2.40. The Morgan fingerprint density at radius 3 is 2.59 bits per heavy atom. The van der Waals surface area contributed by atoms with Gasteiger partial charge in [-0.25, -0.2) is 0 Å². The Morgan fingerprint density at radius 1 is 1.29 bits per heavy atom. The Balaban J connectivity index is 2.11. The van der Waals surface area contributed by atoms with Crippen LogP contribution < -0.4 is 10.6 Å². The minimum atomic E-state index is 0.552. The van der Waals surface area contributed by atoms with Crippen LogP contribution in [0.15, 0.2) is 0 Å². The van der Waals surface area contributed by atoms with Crippen LogP contribution >= 0.6 is 0 Å². The van der Waals surface area contributed by atoms with Crippen LogP contribution in [0.2, 0.25) is 0 Å². The van der Waals surface area contributed by atoms with Gasteiger partial charge < -0.3 is 15.4 Å². The van der Waals surface area contributed by atoms with Crippen LogP contribution in [0.5, 0.6) is 0 Å². The Bertz CT molecular complexity index is 191. The molecule has 0 aromatic carbocycles. The molecule has 0 heterocycles. The number of hydrogen-bond donors (Lipinski definition) is 2. The summed E-state index contributed by atoms with van der Waals surface area (Å²) in [6, 6.07) is 0.552. The lowest BCUT2D eigenvalue weighted by molar-refractivity contribution is 0.197. The molecule has 1 fully saturated rings. The van der Waals surface area contributed by atoms with E-state index in [2.05, 4.69) is 24.5 Å². The van der Waals surface area contributed by atoms with Gasteiger partial charge in [-0.15, -0.1) is 0 Å². The van der Waals surface area contributed by atoms with Crippen LogP contribution in [0, 0.1) is 5.41 Å². The van der Waals surface area contributed by atoms with Crippen molar-refractivity contribution in [1.82, 2.24) is 10.6 Å². The van der Waals surface area contributed by atoms with Crippen LogP contribution in [-0.2, 0) is 4.74 Å². The van der Waals surface area contributed by atoms with Crippen LogP contribution in [0.1, 0.15) is 46.0 Å². The first-order valence-electron chi connectivity index (χ1n) is 7.15. The Morgan fingerprint density at radius 2 is 2.00 bits per heavy atom. The first-order chi connectivity index (χ1) is 8.22. The summed E-state index contributed by atoms with van der Waals surface area (Å²) >= 11 is 0. The van der Waals surface area contributed by atoms with E-state index < -0.39 is 0 Å². The summed E-state index contributed by atoms with van der Waals surface area (Å²) < 4.78 is 5.02. The molecule has 0 aromatic heterocycles. The van der Waals surface area contributed by atoms with Crippen molar-refractivity contribution in [3.05, 3.63) is 0 Å². The molecular formula is C14H30N2O. The quantitative estimate of drug-likeness (QED) is 0.608. The number of methoxy groups -OCH3 is 1. The van der Waals surface area contributed by atoms with Gasteiger partial charge in [-0.1, -0.05) is 19.8 Å². The summed E-state index contributed by atoms with van der Waals surface area (Å²) in [6.07, 6.45) is 7.01. The second kappa shape index (κ2) is 8.06. The number of hydrogen-bond acceptors (Lipinski definition) is 3. The van der Waals surface area contributed by atoms with Crippen molar-refractivity contribution in [2.75, 3.05) is 33.4 Å². The number of nitrogens with one attached hydrogen (secondary N) is 2. The normalized spacial score (nSPS) is 20.6. The maximum atomic E-state index is 5.02. The standard InChI is InChI=1S/C14H30N2O/c1-4-14(7-5-6-8-14)12-16-13(2)11-15-9-10-17-3/h13,15-16H,4-12H2,1-3H3. The first kappa shape index (κ1) is 14.9. The average molecular weight is 242 g/mol. The van der Waals surface area contributed by atoms with Gasteiger partial charge in [0.2, 0.25) is 0 Å². The van der Waals surface area contributed by atoms with E-state index in [4.69, 9.17) is 4.74 Å². The fourth-order valence-corrected chi connectivity index (χ4v) is 2.74. The summed E-state index contributed by atoms with van der Waals surface area (Å²) in [5.74, 6) is 0. The van der Waals surface area contributed by atoms with E-state index in [1.165, 1.54) is 38.6 Å². The van der Waals surface area contributed by atoms with Gasteiger partial charge in [0.05, 0.1) is 6.61 Å². The highest BCUT2D eigenvalue weighted by atomic mass is 16.5. The minimum absolute atomic E-state index is 0.552. The summed E-state index contributed by atoms with van der Waals surface area (Å²) in [6.45, 7) is 8.57.